The fourth-order valence-electron chi connectivity index (χ4n) is 8.11. The topological polar surface area (TPSA) is 3.24 Å². The Bertz CT molecular complexity index is 3200. The molecule has 11 aromatic rings. The van der Waals surface area contributed by atoms with Crippen LogP contribution in [0.1, 0.15) is 0 Å². The van der Waals surface area contributed by atoms with Crippen molar-refractivity contribution in [1.82, 2.24) is 0 Å². The van der Waals surface area contributed by atoms with Crippen LogP contribution in [0.5, 0.6) is 0 Å². The summed E-state index contributed by atoms with van der Waals surface area (Å²) in [7, 11) is 0. The Morgan fingerprint density at radius 3 is 1.65 bits per heavy atom. The van der Waals surface area contributed by atoms with Crippen LogP contribution in [0.15, 0.2) is 200 Å². The average Bonchev–Trinajstić information content (AvgIpc) is 3.83. The number of fused-ring (bicyclic) bond motifs is 7. The predicted molar refractivity (Wildman–Crippen MR) is 241 cm³/mol. The van der Waals surface area contributed by atoms with Gasteiger partial charge in [0.15, 0.2) is 0 Å². The second kappa shape index (κ2) is 13.1. The van der Waals surface area contributed by atoms with Gasteiger partial charge in [0.2, 0.25) is 0 Å². The van der Waals surface area contributed by atoms with Crippen molar-refractivity contribution in [2.45, 2.75) is 0 Å². The molecule has 0 bridgehead atoms. The fourth-order valence-corrected chi connectivity index (χ4v) is 10.4. The molecule has 0 fully saturated rings. The van der Waals surface area contributed by atoms with E-state index < -0.39 is 0 Å². The molecule has 3 heteroatoms. The zero-order chi connectivity index (χ0) is 36.3. The number of hydrogen-bond acceptors (Lipinski definition) is 3. The molecule has 0 atom stereocenters. The summed E-state index contributed by atoms with van der Waals surface area (Å²) in [6, 6.07) is 73.4. The first-order chi connectivity index (χ1) is 27.2. The SMILES string of the molecule is c1cc(-c2ccc3sc4ccccc4c3c2)cc(N(c2ccc(-c3ccc4ccccc4c3)cc2)c2ccc(-c3cccc4c3sc3ccccc34)cc2)c1. The molecule has 0 amide bonds. The molecule has 1 nitrogen and oxygen atoms in total. The molecule has 11 rings (SSSR count). The van der Waals surface area contributed by atoms with E-state index >= 15 is 0 Å². The van der Waals surface area contributed by atoms with Gasteiger partial charge in [-0.1, -0.05) is 133 Å². The Morgan fingerprint density at radius 2 is 0.855 bits per heavy atom. The van der Waals surface area contributed by atoms with Crippen molar-refractivity contribution in [3.63, 3.8) is 0 Å². The van der Waals surface area contributed by atoms with Crippen molar-refractivity contribution < 1.29 is 0 Å². The van der Waals surface area contributed by atoms with Gasteiger partial charge in [0, 0.05) is 57.4 Å². The van der Waals surface area contributed by atoms with E-state index in [1.807, 2.05) is 22.7 Å². The van der Waals surface area contributed by atoms with Gasteiger partial charge in [-0.2, -0.15) is 0 Å². The van der Waals surface area contributed by atoms with Gasteiger partial charge in [0.1, 0.15) is 0 Å². The molecule has 9 aromatic carbocycles. The molecular formula is C52H33NS2. The van der Waals surface area contributed by atoms with Crippen LogP contribution in [0.3, 0.4) is 0 Å². The van der Waals surface area contributed by atoms with Crippen LogP contribution in [0.4, 0.5) is 17.1 Å². The van der Waals surface area contributed by atoms with Crippen molar-refractivity contribution >= 4 is 90.9 Å². The largest absolute Gasteiger partial charge is 0.310 e. The molecule has 258 valence electrons. The molecule has 0 unspecified atom stereocenters. The third-order valence-corrected chi connectivity index (χ3v) is 13.2. The summed E-state index contributed by atoms with van der Waals surface area (Å²) >= 11 is 3.74. The van der Waals surface area contributed by atoms with Crippen LogP contribution in [-0.4, -0.2) is 0 Å². The lowest BCUT2D eigenvalue weighted by Crippen LogP contribution is -2.10. The Morgan fingerprint density at radius 1 is 0.291 bits per heavy atom. The van der Waals surface area contributed by atoms with Gasteiger partial charge in [-0.05, 0) is 111 Å². The van der Waals surface area contributed by atoms with Crippen molar-refractivity contribution in [2.24, 2.45) is 0 Å². The van der Waals surface area contributed by atoms with E-state index in [9.17, 15) is 0 Å². The zero-order valence-electron chi connectivity index (χ0n) is 29.8. The molecule has 55 heavy (non-hydrogen) atoms. The molecule has 0 aliphatic heterocycles. The molecule has 2 heterocycles. The highest BCUT2D eigenvalue weighted by molar-refractivity contribution is 7.26. The average molecular weight is 736 g/mol. The quantitative estimate of drug-likeness (QED) is 0.164. The van der Waals surface area contributed by atoms with Crippen molar-refractivity contribution in [3.05, 3.63) is 200 Å². The number of thiophene rings is 2. The van der Waals surface area contributed by atoms with Gasteiger partial charge < -0.3 is 4.90 Å². The van der Waals surface area contributed by atoms with E-state index in [-0.39, 0.29) is 0 Å². The van der Waals surface area contributed by atoms with Crippen LogP contribution in [0, 0.1) is 0 Å². The molecule has 0 saturated carbocycles. The van der Waals surface area contributed by atoms with Gasteiger partial charge in [-0.3, -0.25) is 0 Å². The van der Waals surface area contributed by atoms with E-state index in [1.54, 1.807) is 0 Å². The lowest BCUT2D eigenvalue weighted by molar-refractivity contribution is 1.28. The first-order valence-corrected chi connectivity index (χ1v) is 20.3. The van der Waals surface area contributed by atoms with E-state index in [0.717, 1.165) is 17.1 Å². The second-order valence-electron chi connectivity index (χ2n) is 14.1. The van der Waals surface area contributed by atoms with Crippen LogP contribution in [-0.2, 0) is 0 Å². The lowest BCUT2D eigenvalue weighted by Gasteiger charge is -2.26. The zero-order valence-corrected chi connectivity index (χ0v) is 31.4. The summed E-state index contributed by atoms with van der Waals surface area (Å²) in [5, 5.41) is 7.79. The summed E-state index contributed by atoms with van der Waals surface area (Å²) in [6.45, 7) is 0. The summed E-state index contributed by atoms with van der Waals surface area (Å²) in [5.74, 6) is 0. The molecule has 0 aliphatic carbocycles. The summed E-state index contributed by atoms with van der Waals surface area (Å²) in [4.78, 5) is 2.38. The molecule has 0 saturated heterocycles. The molecule has 0 aliphatic rings. The highest BCUT2D eigenvalue weighted by atomic mass is 32.1. The molecule has 2 aromatic heterocycles. The summed E-state index contributed by atoms with van der Waals surface area (Å²) in [5.41, 5.74) is 10.7. The highest BCUT2D eigenvalue weighted by Gasteiger charge is 2.16. The molecule has 0 radical (unpaired) electrons. The Labute approximate surface area is 327 Å². The van der Waals surface area contributed by atoms with Crippen LogP contribution >= 0.6 is 22.7 Å². The fraction of sp³-hybridized carbons (Fsp3) is 0. The molecule has 0 N–H and O–H groups in total. The molecular weight excluding hydrogens is 703 g/mol. The van der Waals surface area contributed by atoms with Crippen LogP contribution in [0.25, 0.3) is 84.5 Å². The smallest absolute Gasteiger partial charge is 0.0467 e. The van der Waals surface area contributed by atoms with E-state index in [0.29, 0.717) is 0 Å². The third-order valence-electron chi connectivity index (χ3n) is 10.9. The Balaban J connectivity index is 1.01. The van der Waals surface area contributed by atoms with Gasteiger partial charge in [0.05, 0.1) is 0 Å². The third kappa shape index (κ3) is 5.60. The maximum atomic E-state index is 2.38. The maximum absolute atomic E-state index is 2.38. The number of hydrogen-bond donors (Lipinski definition) is 0. The highest BCUT2D eigenvalue weighted by Crippen LogP contribution is 2.43. The minimum atomic E-state index is 1.11. The van der Waals surface area contributed by atoms with Crippen molar-refractivity contribution in [2.75, 3.05) is 4.90 Å². The van der Waals surface area contributed by atoms with Crippen molar-refractivity contribution in [1.29, 1.82) is 0 Å². The maximum Gasteiger partial charge on any atom is 0.0467 e. The van der Waals surface area contributed by atoms with Gasteiger partial charge in [-0.25, -0.2) is 0 Å². The monoisotopic (exact) mass is 735 g/mol. The first kappa shape index (κ1) is 32.0. The number of anilines is 3. The van der Waals surface area contributed by atoms with Gasteiger partial charge >= 0.3 is 0 Å². The number of rotatable bonds is 6. The minimum absolute atomic E-state index is 1.11. The van der Waals surface area contributed by atoms with Gasteiger partial charge in [0.25, 0.3) is 0 Å². The first-order valence-electron chi connectivity index (χ1n) is 18.7. The Hall–Kier alpha value is -6.52. The predicted octanol–water partition coefficient (Wildman–Crippen LogP) is 16.0. The number of nitrogens with zero attached hydrogens (tertiary/aromatic N) is 1. The standard InChI is InChI=1S/C52H33NS2/c1-2-10-37-31-39(20-19-34(37)9-1)35-21-26-41(27-22-35)53(42-28-23-36(24-29-42)44-15-8-16-47-45-13-3-6-18-50(45)55-52(44)47)43-12-7-11-38(32-43)40-25-30-51-48(33-40)46-14-4-5-17-49(46)54-51/h1-33H. The number of benzene rings is 9. The minimum Gasteiger partial charge on any atom is -0.310 e. The summed E-state index contributed by atoms with van der Waals surface area (Å²) in [6.07, 6.45) is 0. The van der Waals surface area contributed by atoms with Crippen LogP contribution in [0.2, 0.25) is 0 Å². The van der Waals surface area contributed by atoms with Crippen molar-refractivity contribution in [3.8, 4) is 33.4 Å². The van der Waals surface area contributed by atoms with E-state index in [1.165, 1.54) is 84.5 Å². The van der Waals surface area contributed by atoms with E-state index in [4.69, 9.17) is 0 Å². The van der Waals surface area contributed by atoms with Crippen LogP contribution < -0.4 is 4.90 Å². The Kier molecular flexibility index (Phi) is 7.61. The van der Waals surface area contributed by atoms with Gasteiger partial charge in [-0.15, -0.1) is 22.7 Å². The molecule has 0 spiro atoms. The van der Waals surface area contributed by atoms with E-state index in [2.05, 4.69) is 205 Å². The summed E-state index contributed by atoms with van der Waals surface area (Å²) < 4.78 is 5.31. The normalized spacial score (nSPS) is 11.6. The lowest BCUT2D eigenvalue weighted by atomic mass is 10.00. The second-order valence-corrected chi connectivity index (χ2v) is 16.3.